The number of amides is 1. The highest BCUT2D eigenvalue weighted by molar-refractivity contribution is 5.87. The minimum absolute atomic E-state index is 0.282. The fourth-order valence-corrected chi connectivity index (χ4v) is 2.81. The topological polar surface area (TPSA) is 46.9 Å². The summed E-state index contributed by atoms with van der Waals surface area (Å²) in [7, 11) is 1.79. The van der Waals surface area contributed by atoms with Crippen molar-refractivity contribution in [3.05, 3.63) is 78.5 Å². The van der Waals surface area contributed by atoms with Crippen LogP contribution in [-0.4, -0.2) is 15.7 Å². The van der Waals surface area contributed by atoms with E-state index in [1.165, 1.54) is 18.2 Å². The Morgan fingerprint density at radius 2 is 1.82 bits per heavy atom. The molecule has 4 nitrogen and oxygen atoms in total. The molecule has 1 heterocycles. The molecule has 0 spiro atoms. The number of benzene rings is 2. The van der Waals surface area contributed by atoms with Crippen LogP contribution in [0.5, 0.6) is 0 Å². The summed E-state index contributed by atoms with van der Waals surface area (Å²) in [6.45, 7) is 3.71. The van der Waals surface area contributed by atoms with Gasteiger partial charge < -0.3 is 5.32 Å². The molecule has 0 atom stereocenters. The van der Waals surface area contributed by atoms with Crippen molar-refractivity contribution in [3.63, 3.8) is 0 Å². The van der Waals surface area contributed by atoms with E-state index in [0.29, 0.717) is 11.3 Å². The van der Waals surface area contributed by atoms with Crippen LogP contribution in [0, 0.1) is 0 Å². The van der Waals surface area contributed by atoms with E-state index in [4.69, 9.17) is 0 Å². The third kappa shape index (κ3) is 4.31. The van der Waals surface area contributed by atoms with E-state index in [1.54, 1.807) is 17.9 Å². The Bertz CT molecular complexity index is 1000. The van der Waals surface area contributed by atoms with Crippen LogP contribution in [0.25, 0.3) is 22.4 Å². The Balaban J connectivity index is 1.99. The predicted octanol–water partition coefficient (Wildman–Crippen LogP) is 4.58. The standard InChI is InChI=1S/C21H18F3N3O/c1-3-20(28)25-13-16-5-4-15(12-18(16)19-10-11-27(2)26-19)14-6-8-17(9-7-14)21(22,23)24/h3-12H,1,13H2,2H3,(H,25,28). The molecule has 0 aliphatic heterocycles. The van der Waals surface area contributed by atoms with Gasteiger partial charge in [-0.15, -0.1) is 0 Å². The summed E-state index contributed by atoms with van der Waals surface area (Å²) in [6.07, 6.45) is -1.38. The van der Waals surface area contributed by atoms with Gasteiger partial charge in [0.05, 0.1) is 11.3 Å². The number of alkyl halides is 3. The molecule has 0 saturated heterocycles. The molecule has 3 aromatic rings. The van der Waals surface area contributed by atoms with E-state index in [0.717, 1.165) is 28.8 Å². The van der Waals surface area contributed by atoms with E-state index in [2.05, 4.69) is 17.0 Å². The summed E-state index contributed by atoms with van der Waals surface area (Å²) in [5.74, 6) is -0.293. The molecule has 7 heteroatoms. The molecule has 2 aromatic carbocycles. The van der Waals surface area contributed by atoms with Gasteiger partial charge in [0.25, 0.3) is 0 Å². The Hall–Kier alpha value is -3.35. The van der Waals surface area contributed by atoms with Gasteiger partial charge in [-0.3, -0.25) is 9.48 Å². The summed E-state index contributed by atoms with van der Waals surface area (Å²) in [5.41, 5.74) is 3.07. The van der Waals surface area contributed by atoms with Crippen molar-refractivity contribution in [2.75, 3.05) is 0 Å². The van der Waals surface area contributed by atoms with Gasteiger partial charge in [0.2, 0.25) is 5.91 Å². The van der Waals surface area contributed by atoms with Crippen molar-refractivity contribution in [2.45, 2.75) is 12.7 Å². The lowest BCUT2D eigenvalue weighted by atomic mass is 9.96. The third-order valence-corrected chi connectivity index (χ3v) is 4.28. The first-order chi connectivity index (χ1) is 13.3. The lowest BCUT2D eigenvalue weighted by molar-refractivity contribution is -0.137. The summed E-state index contributed by atoms with van der Waals surface area (Å²) < 4.78 is 40.0. The Morgan fingerprint density at radius 3 is 2.39 bits per heavy atom. The van der Waals surface area contributed by atoms with Crippen LogP contribution in [0.4, 0.5) is 13.2 Å². The minimum Gasteiger partial charge on any atom is -0.348 e. The van der Waals surface area contributed by atoms with Gasteiger partial charge in [-0.2, -0.15) is 18.3 Å². The first kappa shape index (κ1) is 19.4. The quantitative estimate of drug-likeness (QED) is 0.654. The van der Waals surface area contributed by atoms with Crippen LogP contribution >= 0.6 is 0 Å². The maximum Gasteiger partial charge on any atom is 0.416 e. The van der Waals surface area contributed by atoms with Crippen LogP contribution in [0.2, 0.25) is 0 Å². The Labute approximate surface area is 160 Å². The number of nitrogens with zero attached hydrogens (tertiary/aromatic N) is 2. The molecule has 144 valence electrons. The zero-order chi connectivity index (χ0) is 20.3. The number of carbonyl (C=O) groups excluding carboxylic acids is 1. The van der Waals surface area contributed by atoms with Crippen LogP contribution in [-0.2, 0) is 24.6 Å². The lowest BCUT2D eigenvalue weighted by Crippen LogP contribution is -2.20. The van der Waals surface area contributed by atoms with Crippen LogP contribution in [0.1, 0.15) is 11.1 Å². The Kier molecular flexibility index (Phi) is 5.35. The highest BCUT2D eigenvalue weighted by Gasteiger charge is 2.30. The first-order valence-electron chi connectivity index (χ1n) is 8.49. The lowest BCUT2D eigenvalue weighted by Gasteiger charge is -2.12. The minimum atomic E-state index is -4.37. The molecule has 0 fully saturated rings. The zero-order valence-corrected chi connectivity index (χ0v) is 15.1. The average Bonchev–Trinajstić information content (AvgIpc) is 3.11. The van der Waals surface area contributed by atoms with E-state index < -0.39 is 11.7 Å². The van der Waals surface area contributed by atoms with Gasteiger partial charge in [0.1, 0.15) is 0 Å². The van der Waals surface area contributed by atoms with Crippen molar-refractivity contribution in [2.24, 2.45) is 7.05 Å². The predicted molar refractivity (Wildman–Crippen MR) is 101 cm³/mol. The molecule has 1 aromatic heterocycles. The molecule has 1 N–H and O–H groups in total. The van der Waals surface area contributed by atoms with Crippen molar-refractivity contribution < 1.29 is 18.0 Å². The van der Waals surface area contributed by atoms with Gasteiger partial charge in [0, 0.05) is 25.4 Å². The smallest absolute Gasteiger partial charge is 0.348 e. The first-order valence-corrected chi connectivity index (χ1v) is 8.49. The fraction of sp³-hybridized carbons (Fsp3) is 0.143. The molecule has 0 unspecified atom stereocenters. The molecule has 0 aliphatic rings. The molecular weight excluding hydrogens is 367 g/mol. The maximum absolute atomic E-state index is 12.8. The van der Waals surface area contributed by atoms with Gasteiger partial charge in [0.15, 0.2) is 0 Å². The number of aromatic nitrogens is 2. The summed E-state index contributed by atoms with van der Waals surface area (Å²) in [4.78, 5) is 11.5. The highest BCUT2D eigenvalue weighted by atomic mass is 19.4. The maximum atomic E-state index is 12.8. The van der Waals surface area contributed by atoms with E-state index in [-0.39, 0.29) is 12.5 Å². The number of nitrogens with one attached hydrogen (secondary N) is 1. The molecule has 3 rings (SSSR count). The number of hydrogen-bond acceptors (Lipinski definition) is 2. The Morgan fingerprint density at radius 1 is 1.14 bits per heavy atom. The number of halogens is 3. The number of rotatable bonds is 5. The van der Waals surface area contributed by atoms with Crippen molar-refractivity contribution in [1.82, 2.24) is 15.1 Å². The number of aryl methyl sites for hydroxylation is 1. The van der Waals surface area contributed by atoms with E-state index >= 15 is 0 Å². The van der Waals surface area contributed by atoms with Gasteiger partial charge >= 0.3 is 6.18 Å². The molecule has 28 heavy (non-hydrogen) atoms. The summed E-state index contributed by atoms with van der Waals surface area (Å²) in [5, 5.41) is 7.14. The second kappa shape index (κ2) is 7.72. The molecule has 0 bridgehead atoms. The van der Waals surface area contributed by atoms with E-state index in [9.17, 15) is 18.0 Å². The zero-order valence-electron chi connectivity index (χ0n) is 15.1. The number of carbonyl (C=O) groups is 1. The van der Waals surface area contributed by atoms with Crippen LogP contribution in [0.15, 0.2) is 67.4 Å². The largest absolute Gasteiger partial charge is 0.416 e. The normalized spacial score (nSPS) is 11.3. The van der Waals surface area contributed by atoms with E-state index in [1.807, 2.05) is 24.3 Å². The van der Waals surface area contributed by atoms with Gasteiger partial charge in [-0.05, 0) is 47.0 Å². The van der Waals surface area contributed by atoms with Crippen molar-refractivity contribution in [1.29, 1.82) is 0 Å². The molecule has 0 saturated carbocycles. The third-order valence-electron chi connectivity index (χ3n) is 4.28. The van der Waals surface area contributed by atoms with Crippen molar-refractivity contribution >= 4 is 5.91 Å². The molecule has 0 aliphatic carbocycles. The summed E-state index contributed by atoms with van der Waals surface area (Å²) >= 11 is 0. The average molecular weight is 385 g/mol. The monoisotopic (exact) mass is 385 g/mol. The SMILES string of the molecule is C=CC(=O)NCc1ccc(-c2ccc(C(F)(F)F)cc2)cc1-c1ccn(C)n1. The molecule has 0 radical (unpaired) electrons. The van der Waals surface area contributed by atoms with Gasteiger partial charge in [-0.1, -0.05) is 30.8 Å². The number of hydrogen-bond donors (Lipinski definition) is 1. The molecular formula is C21H18F3N3O. The summed E-state index contributed by atoms with van der Waals surface area (Å²) in [6, 6.07) is 12.4. The van der Waals surface area contributed by atoms with Crippen LogP contribution in [0.3, 0.4) is 0 Å². The van der Waals surface area contributed by atoms with Crippen molar-refractivity contribution in [3.8, 4) is 22.4 Å². The fourth-order valence-electron chi connectivity index (χ4n) is 2.81. The molecule has 1 amide bonds. The second-order valence-corrected chi connectivity index (χ2v) is 6.24. The second-order valence-electron chi connectivity index (χ2n) is 6.24. The highest BCUT2D eigenvalue weighted by Crippen LogP contribution is 2.33. The van der Waals surface area contributed by atoms with Gasteiger partial charge in [-0.25, -0.2) is 0 Å². The van der Waals surface area contributed by atoms with Crippen LogP contribution < -0.4 is 5.32 Å².